The third-order valence-electron chi connectivity index (χ3n) is 5.12. The van der Waals surface area contributed by atoms with Gasteiger partial charge < -0.3 is 15.4 Å². The molecule has 0 fully saturated rings. The fraction of sp³-hybridized carbons (Fsp3) is 0.250. The van der Waals surface area contributed by atoms with Crippen molar-refractivity contribution < 1.29 is 14.3 Å². The summed E-state index contributed by atoms with van der Waals surface area (Å²) in [7, 11) is 3.38. The predicted molar refractivity (Wildman–Crippen MR) is 120 cm³/mol. The second kappa shape index (κ2) is 9.89. The maximum absolute atomic E-state index is 12.5. The number of likely N-dealkylation sites (N-methyl/N-ethyl adjacent to an activating group) is 1. The monoisotopic (exact) mass is 405 g/mol. The molecule has 6 heteroatoms. The predicted octanol–water partition coefficient (Wildman–Crippen LogP) is 3.42. The number of rotatable bonds is 8. The Morgan fingerprint density at radius 3 is 2.43 bits per heavy atom. The van der Waals surface area contributed by atoms with E-state index in [2.05, 4.69) is 10.6 Å². The highest BCUT2D eigenvalue weighted by molar-refractivity contribution is 6.02. The van der Waals surface area contributed by atoms with Gasteiger partial charge in [0.1, 0.15) is 5.75 Å². The van der Waals surface area contributed by atoms with Gasteiger partial charge >= 0.3 is 0 Å². The van der Waals surface area contributed by atoms with Gasteiger partial charge in [-0.1, -0.05) is 48.5 Å². The highest BCUT2D eigenvalue weighted by Gasteiger charge is 2.20. The number of ether oxygens (including phenoxy) is 1. The van der Waals surface area contributed by atoms with E-state index in [-0.39, 0.29) is 18.4 Å². The Morgan fingerprint density at radius 2 is 1.70 bits per heavy atom. The SMILES string of the molecule is COc1ccc(CNC(=O)[C@H](C)N(C)CC(=O)Nc2cccc3ccccc23)cc1. The third-order valence-corrected chi connectivity index (χ3v) is 5.12. The van der Waals surface area contributed by atoms with Crippen LogP contribution < -0.4 is 15.4 Å². The van der Waals surface area contributed by atoms with Gasteiger partial charge in [-0.25, -0.2) is 0 Å². The highest BCUT2D eigenvalue weighted by atomic mass is 16.5. The summed E-state index contributed by atoms with van der Waals surface area (Å²) in [6, 6.07) is 20.8. The van der Waals surface area contributed by atoms with Crippen molar-refractivity contribution in [2.45, 2.75) is 19.5 Å². The van der Waals surface area contributed by atoms with E-state index in [9.17, 15) is 9.59 Å². The van der Waals surface area contributed by atoms with Crippen LogP contribution in [-0.2, 0) is 16.1 Å². The molecule has 3 aromatic rings. The Hall–Kier alpha value is -3.38. The molecule has 2 N–H and O–H groups in total. The standard InChI is InChI=1S/C24H27N3O3/c1-17(24(29)25-15-18-11-13-20(30-3)14-12-18)27(2)16-23(28)26-22-10-6-8-19-7-4-5-9-21(19)22/h4-14,17H,15-16H2,1-3H3,(H,25,29)(H,26,28)/t17-/m0/s1. The summed E-state index contributed by atoms with van der Waals surface area (Å²) in [4.78, 5) is 26.7. The number of nitrogens with zero attached hydrogens (tertiary/aromatic N) is 1. The lowest BCUT2D eigenvalue weighted by Gasteiger charge is -2.23. The van der Waals surface area contributed by atoms with Crippen molar-refractivity contribution in [3.63, 3.8) is 0 Å². The number of nitrogens with one attached hydrogen (secondary N) is 2. The van der Waals surface area contributed by atoms with E-state index >= 15 is 0 Å². The summed E-state index contributed by atoms with van der Waals surface area (Å²) in [6.45, 7) is 2.32. The number of carbonyl (C=O) groups excluding carboxylic acids is 2. The first-order valence-electron chi connectivity index (χ1n) is 9.86. The molecular weight excluding hydrogens is 378 g/mol. The number of fused-ring (bicyclic) bond motifs is 1. The summed E-state index contributed by atoms with van der Waals surface area (Å²) < 4.78 is 5.14. The number of carbonyl (C=O) groups is 2. The van der Waals surface area contributed by atoms with Gasteiger partial charge in [0.05, 0.1) is 19.7 Å². The molecule has 0 saturated carbocycles. The van der Waals surface area contributed by atoms with Gasteiger partial charge in [-0.05, 0) is 43.1 Å². The van der Waals surface area contributed by atoms with Gasteiger partial charge in [-0.15, -0.1) is 0 Å². The largest absolute Gasteiger partial charge is 0.497 e. The van der Waals surface area contributed by atoms with Gasteiger partial charge in [-0.3, -0.25) is 14.5 Å². The summed E-state index contributed by atoms with van der Waals surface area (Å²) in [5.74, 6) is 0.477. The lowest BCUT2D eigenvalue weighted by atomic mass is 10.1. The number of benzene rings is 3. The van der Waals surface area contributed by atoms with Crippen LogP contribution in [0.15, 0.2) is 66.7 Å². The van der Waals surface area contributed by atoms with Crippen molar-refractivity contribution in [3.05, 3.63) is 72.3 Å². The Kier molecular flexibility index (Phi) is 7.03. The van der Waals surface area contributed by atoms with E-state index in [0.717, 1.165) is 27.8 Å². The van der Waals surface area contributed by atoms with E-state index < -0.39 is 6.04 Å². The maximum atomic E-state index is 12.5. The van der Waals surface area contributed by atoms with Gasteiger partial charge in [-0.2, -0.15) is 0 Å². The van der Waals surface area contributed by atoms with Crippen molar-refractivity contribution >= 4 is 28.3 Å². The molecule has 0 aromatic heterocycles. The van der Waals surface area contributed by atoms with Gasteiger partial charge in [0.25, 0.3) is 0 Å². The molecule has 0 radical (unpaired) electrons. The zero-order valence-electron chi connectivity index (χ0n) is 17.5. The van der Waals surface area contributed by atoms with Crippen LogP contribution in [0.25, 0.3) is 10.8 Å². The van der Waals surface area contributed by atoms with Crippen molar-refractivity contribution in [2.24, 2.45) is 0 Å². The average molecular weight is 405 g/mol. The molecule has 0 saturated heterocycles. The number of hydrogen-bond acceptors (Lipinski definition) is 4. The van der Waals surface area contributed by atoms with Crippen molar-refractivity contribution in [1.29, 1.82) is 0 Å². The van der Waals surface area contributed by atoms with E-state index in [0.29, 0.717) is 6.54 Å². The van der Waals surface area contributed by atoms with Crippen LogP contribution in [0, 0.1) is 0 Å². The normalized spacial score (nSPS) is 11.9. The fourth-order valence-corrected chi connectivity index (χ4v) is 3.17. The van der Waals surface area contributed by atoms with Crippen molar-refractivity contribution in [2.75, 3.05) is 26.0 Å². The van der Waals surface area contributed by atoms with Crippen LogP contribution in [0.4, 0.5) is 5.69 Å². The molecule has 3 aromatic carbocycles. The van der Waals surface area contributed by atoms with E-state index in [1.54, 1.807) is 26.0 Å². The second-order valence-corrected chi connectivity index (χ2v) is 7.23. The molecule has 0 heterocycles. The molecule has 30 heavy (non-hydrogen) atoms. The first-order chi connectivity index (χ1) is 14.5. The molecule has 2 amide bonds. The van der Waals surface area contributed by atoms with Gasteiger partial charge in [0.15, 0.2) is 0 Å². The quantitative estimate of drug-likeness (QED) is 0.602. The molecule has 0 spiro atoms. The summed E-state index contributed by atoms with van der Waals surface area (Å²) in [5.41, 5.74) is 1.75. The maximum Gasteiger partial charge on any atom is 0.238 e. The van der Waals surface area contributed by atoms with Crippen molar-refractivity contribution in [3.8, 4) is 5.75 Å². The lowest BCUT2D eigenvalue weighted by molar-refractivity contribution is -0.126. The van der Waals surface area contributed by atoms with Crippen LogP contribution in [0.5, 0.6) is 5.75 Å². The van der Waals surface area contributed by atoms with Crippen LogP contribution in [0.2, 0.25) is 0 Å². The lowest BCUT2D eigenvalue weighted by Crippen LogP contribution is -2.45. The van der Waals surface area contributed by atoms with E-state index in [4.69, 9.17) is 4.74 Å². The number of hydrogen-bond donors (Lipinski definition) is 2. The first-order valence-corrected chi connectivity index (χ1v) is 9.86. The Morgan fingerprint density at radius 1 is 1.00 bits per heavy atom. The molecule has 0 aliphatic carbocycles. The van der Waals surface area contributed by atoms with Gasteiger partial charge in [0.2, 0.25) is 11.8 Å². The minimum absolute atomic E-state index is 0.111. The van der Waals surface area contributed by atoms with Crippen LogP contribution >= 0.6 is 0 Å². The average Bonchev–Trinajstić information content (AvgIpc) is 2.77. The molecule has 1 atom stereocenters. The number of methoxy groups -OCH3 is 1. The summed E-state index contributed by atoms with van der Waals surface area (Å²) in [5, 5.41) is 7.92. The minimum Gasteiger partial charge on any atom is -0.497 e. The zero-order chi connectivity index (χ0) is 21.5. The van der Waals surface area contributed by atoms with Crippen LogP contribution in [-0.4, -0.2) is 43.5 Å². The fourth-order valence-electron chi connectivity index (χ4n) is 3.17. The second-order valence-electron chi connectivity index (χ2n) is 7.23. The first kappa shape index (κ1) is 21.3. The third kappa shape index (κ3) is 5.36. The summed E-state index contributed by atoms with van der Waals surface area (Å²) in [6.07, 6.45) is 0. The molecule has 0 bridgehead atoms. The minimum atomic E-state index is -0.443. The highest BCUT2D eigenvalue weighted by Crippen LogP contribution is 2.22. The van der Waals surface area contributed by atoms with Crippen molar-refractivity contribution in [1.82, 2.24) is 10.2 Å². The number of anilines is 1. The molecule has 0 unspecified atom stereocenters. The number of amides is 2. The molecule has 6 nitrogen and oxygen atoms in total. The van der Waals surface area contributed by atoms with E-state index in [1.807, 2.05) is 66.7 Å². The topological polar surface area (TPSA) is 70.7 Å². The zero-order valence-corrected chi connectivity index (χ0v) is 17.5. The Labute approximate surface area is 176 Å². The van der Waals surface area contributed by atoms with E-state index in [1.165, 1.54) is 0 Å². The van der Waals surface area contributed by atoms with Crippen LogP contribution in [0.3, 0.4) is 0 Å². The van der Waals surface area contributed by atoms with Crippen LogP contribution in [0.1, 0.15) is 12.5 Å². The van der Waals surface area contributed by atoms with Gasteiger partial charge in [0, 0.05) is 17.6 Å². The summed E-state index contributed by atoms with van der Waals surface area (Å²) >= 11 is 0. The molecule has 156 valence electrons. The molecular formula is C24H27N3O3. The molecule has 0 aliphatic rings. The molecule has 3 rings (SSSR count). The molecule has 0 aliphatic heterocycles. The Balaban J connectivity index is 1.52. The Bertz CT molecular complexity index is 1010. The smallest absolute Gasteiger partial charge is 0.238 e.